The van der Waals surface area contributed by atoms with Gasteiger partial charge in [-0.3, -0.25) is 4.90 Å². The minimum Gasteiger partial charge on any atom is -0.496 e. The van der Waals surface area contributed by atoms with Gasteiger partial charge in [-0.1, -0.05) is 24.6 Å². The lowest BCUT2D eigenvalue weighted by Gasteiger charge is -2.34. The van der Waals surface area contributed by atoms with Crippen LogP contribution in [-0.2, 0) is 6.54 Å². The van der Waals surface area contributed by atoms with Gasteiger partial charge in [-0.2, -0.15) is 0 Å². The molecule has 3 rings (SSSR count). The Hall–Kier alpha value is -1.79. The number of rotatable bonds is 8. The van der Waals surface area contributed by atoms with E-state index in [4.69, 9.17) is 4.74 Å². The number of hydrogen-bond acceptors (Lipinski definition) is 4. The summed E-state index contributed by atoms with van der Waals surface area (Å²) in [5, 5.41) is 12.6. The zero-order chi connectivity index (χ0) is 18.4. The lowest BCUT2D eigenvalue weighted by molar-refractivity contribution is 0.0909. The number of aliphatic hydroxyl groups excluding tert-OH is 1. The van der Waals surface area contributed by atoms with Crippen molar-refractivity contribution in [2.75, 3.05) is 33.4 Å². The number of urea groups is 1. The first kappa shape index (κ1) is 19.0. The van der Waals surface area contributed by atoms with Gasteiger partial charge in [-0.15, -0.1) is 0 Å². The molecule has 1 aliphatic carbocycles. The molecule has 26 heavy (non-hydrogen) atoms. The number of carbonyl (C=O) groups is 1. The summed E-state index contributed by atoms with van der Waals surface area (Å²) in [6, 6.07) is 8.45. The van der Waals surface area contributed by atoms with E-state index in [-0.39, 0.29) is 18.7 Å². The van der Waals surface area contributed by atoms with Crippen molar-refractivity contribution in [3.05, 3.63) is 29.8 Å². The lowest BCUT2D eigenvalue weighted by Crippen LogP contribution is -2.47. The van der Waals surface area contributed by atoms with Crippen LogP contribution in [0.25, 0.3) is 0 Å². The van der Waals surface area contributed by atoms with Gasteiger partial charge in [0.25, 0.3) is 0 Å². The molecule has 0 aromatic heterocycles. The number of carbonyl (C=O) groups excluding carboxylic acids is 1. The third-order valence-corrected chi connectivity index (χ3v) is 5.42. The maximum atomic E-state index is 12.7. The molecule has 2 fully saturated rings. The molecule has 2 amide bonds. The standard InChI is InChI=1S/C20H31N3O3/c1-26-19-8-3-2-6-16(19)14-23(17-9-10-17)20(25)21-11-13-22-12-5-4-7-18(22)15-24/h2-3,6,8,17-18,24H,4-5,7,9-15H2,1H3,(H,21,25)/t18-/m0/s1. The highest BCUT2D eigenvalue weighted by molar-refractivity contribution is 5.75. The Morgan fingerprint density at radius 3 is 2.85 bits per heavy atom. The number of methoxy groups -OCH3 is 1. The molecule has 1 saturated carbocycles. The van der Waals surface area contributed by atoms with Gasteiger partial charge >= 0.3 is 6.03 Å². The van der Waals surface area contributed by atoms with Crippen LogP contribution in [0.4, 0.5) is 4.79 Å². The smallest absolute Gasteiger partial charge is 0.317 e. The van der Waals surface area contributed by atoms with E-state index in [2.05, 4.69) is 10.2 Å². The number of nitrogens with zero attached hydrogens (tertiary/aromatic N) is 2. The lowest BCUT2D eigenvalue weighted by atomic mass is 10.0. The van der Waals surface area contributed by atoms with Crippen molar-refractivity contribution in [1.82, 2.24) is 15.1 Å². The number of aliphatic hydroxyl groups is 1. The quantitative estimate of drug-likeness (QED) is 0.745. The minimum absolute atomic E-state index is 0.00374. The summed E-state index contributed by atoms with van der Waals surface area (Å²) >= 11 is 0. The van der Waals surface area contributed by atoms with Crippen LogP contribution in [0, 0.1) is 0 Å². The van der Waals surface area contributed by atoms with Crippen LogP contribution in [0.3, 0.4) is 0 Å². The molecule has 1 heterocycles. The zero-order valence-electron chi connectivity index (χ0n) is 15.7. The highest BCUT2D eigenvalue weighted by atomic mass is 16.5. The molecule has 0 unspecified atom stereocenters. The Balaban J connectivity index is 1.52. The average Bonchev–Trinajstić information content (AvgIpc) is 3.51. The molecule has 6 nitrogen and oxygen atoms in total. The van der Waals surface area contributed by atoms with Crippen molar-refractivity contribution >= 4 is 6.03 Å². The van der Waals surface area contributed by atoms with E-state index in [1.165, 1.54) is 12.8 Å². The molecule has 1 saturated heterocycles. The second-order valence-electron chi connectivity index (χ2n) is 7.27. The fraction of sp³-hybridized carbons (Fsp3) is 0.650. The molecule has 1 aliphatic heterocycles. The van der Waals surface area contributed by atoms with Gasteiger partial charge in [0.05, 0.1) is 20.3 Å². The van der Waals surface area contributed by atoms with Crippen LogP contribution >= 0.6 is 0 Å². The fourth-order valence-electron chi connectivity index (χ4n) is 3.74. The zero-order valence-corrected chi connectivity index (χ0v) is 15.7. The first-order chi connectivity index (χ1) is 12.7. The predicted molar refractivity (Wildman–Crippen MR) is 101 cm³/mol. The van der Waals surface area contributed by atoms with Crippen LogP contribution in [0.2, 0.25) is 0 Å². The highest BCUT2D eigenvalue weighted by Gasteiger charge is 2.33. The molecule has 144 valence electrons. The van der Waals surface area contributed by atoms with Crippen molar-refractivity contribution in [3.63, 3.8) is 0 Å². The van der Waals surface area contributed by atoms with Gasteiger partial charge in [0, 0.05) is 30.7 Å². The predicted octanol–water partition coefficient (Wildman–Crippen LogP) is 2.22. The van der Waals surface area contributed by atoms with E-state index in [9.17, 15) is 9.90 Å². The average molecular weight is 361 g/mol. The molecule has 0 radical (unpaired) electrons. The Bertz CT molecular complexity index is 591. The number of benzene rings is 1. The topological polar surface area (TPSA) is 65.0 Å². The van der Waals surface area contributed by atoms with E-state index in [1.807, 2.05) is 29.2 Å². The largest absolute Gasteiger partial charge is 0.496 e. The molecule has 1 atom stereocenters. The Morgan fingerprint density at radius 1 is 1.31 bits per heavy atom. The van der Waals surface area contributed by atoms with Crippen molar-refractivity contribution in [2.45, 2.75) is 50.7 Å². The third-order valence-electron chi connectivity index (χ3n) is 5.42. The normalized spacial score (nSPS) is 20.6. The number of nitrogens with one attached hydrogen (secondary N) is 1. The molecule has 0 spiro atoms. The summed E-state index contributed by atoms with van der Waals surface area (Å²) < 4.78 is 5.42. The van der Waals surface area contributed by atoms with Crippen molar-refractivity contribution in [3.8, 4) is 5.75 Å². The fourth-order valence-corrected chi connectivity index (χ4v) is 3.74. The van der Waals surface area contributed by atoms with E-state index in [1.54, 1.807) is 7.11 Å². The Kier molecular flexibility index (Phi) is 6.74. The summed E-state index contributed by atoms with van der Waals surface area (Å²) in [7, 11) is 1.66. The maximum absolute atomic E-state index is 12.7. The monoisotopic (exact) mass is 361 g/mol. The molecule has 1 aromatic rings. The summed E-state index contributed by atoms with van der Waals surface area (Å²) in [6.07, 6.45) is 5.55. The van der Waals surface area contributed by atoms with Crippen molar-refractivity contribution in [2.24, 2.45) is 0 Å². The van der Waals surface area contributed by atoms with E-state index >= 15 is 0 Å². The van der Waals surface area contributed by atoms with E-state index in [0.717, 1.165) is 43.7 Å². The number of likely N-dealkylation sites (tertiary alicyclic amines) is 1. The SMILES string of the molecule is COc1ccccc1CN(C(=O)NCCN1CCCC[C@H]1CO)C1CC1. The number of ether oxygens (including phenoxy) is 1. The summed E-state index contributed by atoms with van der Waals surface area (Å²) in [4.78, 5) is 17.0. The second-order valence-corrected chi connectivity index (χ2v) is 7.27. The molecular formula is C20H31N3O3. The Morgan fingerprint density at radius 2 is 2.12 bits per heavy atom. The molecule has 6 heteroatoms. The summed E-state index contributed by atoms with van der Waals surface area (Å²) in [5.74, 6) is 0.824. The first-order valence-electron chi connectivity index (χ1n) is 9.74. The number of hydrogen-bond donors (Lipinski definition) is 2. The maximum Gasteiger partial charge on any atom is 0.317 e. The van der Waals surface area contributed by atoms with Gasteiger partial charge < -0.3 is 20.1 Å². The summed E-state index contributed by atoms with van der Waals surface area (Å²) in [5.41, 5.74) is 1.04. The number of para-hydroxylation sites is 1. The summed E-state index contributed by atoms with van der Waals surface area (Å²) in [6.45, 7) is 3.20. The molecule has 0 bridgehead atoms. The number of amides is 2. The van der Waals surface area contributed by atoms with Crippen molar-refractivity contribution in [1.29, 1.82) is 0 Å². The van der Waals surface area contributed by atoms with Gasteiger partial charge in [-0.25, -0.2) is 4.79 Å². The van der Waals surface area contributed by atoms with Gasteiger partial charge in [-0.05, 0) is 38.3 Å². The van der Waals surface area contributed by atoms with Gasteiger partial charge in [0.1, 0.15) is 5.75 Å². The van der Waals surface area contributed by atoms with Crippen LogP contribution in [0.1, 0.15) is 37.7 Å². The van der Waals surface area contributed by atoms with E-state index < -0.39 is 0 Å². The minimum atomic E-state index is -0.00374. The molecular weight excluding hydrogens is 330 g/mol. The van der Waals surface area contributed by atoms with Crippen LogP contribution in [0.5, 0.6) is 5.75 Å². The van der Waals surface area contributed by atoms with Crippen LogP contribution in [-0.4, -0.2) is 66.4 Å². The molecule has 2 N–H and O–H groups in total. The third kappa shape index (κ3) is 4.89. The Labute approximate surface area is 156 Å². The second kappa shape index (κ2) is 9.24. The van der Waals surface area contributed by atoms with Gasteiger partial charge in [0.15, 0.2) is 0 Å². The van der Waals surface area contributed by atoms with E-state index in [0.29, 0.717) is 19.1 Å². The van der Waals surface area contributed by atoms with Gasteiger partial charge in [0.2, 0.25) is 0 Å². The molecule has 1 aromatic carbocycles. The van der Waals surface area contributed by atoms with Crippen LogP contribution in [0.15, 0.2) is 24.3 Å². The number of piperidine rings is 1. The first-order valence-corrected chi connectivity index (χ1v) is 9.74. The van der Waals surface area contributed by atoms with Crippen LogP contribution < -0.4 is 10.1 Å². The van der Waals surface area contributed by atoms with Crippen molar-refractivity contribution < 1.29 is 14.6 Å². The molecule has 2 aliphatic rings. The highest BCUT2D eigenvalue weighted by Crippen LogP contribution is 2.30.